The van der Waals surface area contributed by atoms with Crippen molar-refractivity contribution in [3.8, 4) is 34.1 Å². The Balaban J connectivity index is 1.77. The van der Waals surface area contributed by atoms with Crippen LogP contribution in [-0.2, 0) is 7.05 Å². The molecule has 0 spiro atoms. The van der Waals surface area contributed by atoms with Crippen molar-refractivity contribution >= 4 is 11.6 Å². The lowest BCUT2D eigenvalue weighted by Crippen LogP contribution is -2.18. The number of rotatable bonds is 5. The number of nitrogens with zero attached hydrogens (tertiary/aromatic N) is 3. The smallest absolute Gasteiger partial charge is 0.456 e. The van der Waals surface area contributed by atoms with Crippen molar-refractivity contribution < 1.29 is 22.6 Å². The molecular weight excluding hydrogens is 447 g/mol. The molecule has 2 aromatic heterocycles. The predicted octanol–water partition coefficient (Wildman–Crippen LogP) is 5.58. The Labute approximate surface area is 185 Å². The van der Waals surface area contributed by atoms with Crippen LogP contribution in [0.5, 0.6) is 17.2 Å². The molecule has 0 saturated heterocycles. The molecule has 0 aliphatic heterocycles. The summed E-state index contributed by atoms with van der Waals surface area (Å²) in [6, 6.07) is 13.0. The van der Waals surface area contributed by atoms with Gasteiger partial charge >= 0.3 is 6.36 Å². The van der Waals surface area contributed by atoms with Crippen LogP contribution in [0.25, 0.3) is 16.8 Å². The van der Waals surface area contributed by atoms with Gasteiger partial charge in [-0.15, -0.1) is 13.2 Å². The quantitative estimate of drug-likeness (QED) is 0.389. The first-order chi connectivity index (χ1) is 15.2. The fourth-order valence-corrected chi connectivity index (χ4v) is 3.23. The summed E-state index contributed by atoms with van der Waals surface area (Å²) < 4.78 is 49.9. The van der Waals surface area contributed by atoms with Gasteiger partial charge in [0, 0.05) is 47.3 Å². The van der Waals surface area contributed by atoms with Crippen molar-refractivity contribution in [3.63, 3.8) is 0 Å². The molecule has 0 fully saturated rings. The number of hydrogen-bond acceptors (Lipinski definition) is 4. The van der Waals surface area contributed by atoms with E-state index in [0.717, 1.165) is 12.1 Å². The van der Waals surface area contributed by atoms with Crippen LogP contribution in [0.4, 0.5) is 13.2 Å². The number of hydrogen-bond donors (Lipinski definition) is 0. The Morgan fingerprint density at radius 2 is 1.75 bits per heavy atom. The Bertz CT molecular complexity index is 1310. The van der Waals surface area contributed by atoms with Crippen molar-refractivity contribution in [2.75, 3.05) is 0 Å². The highest BCUT2D eigenvalue weighted by Crippen LogP contribution is 2.33. The molecule has 2 heterocycles. The second-order valence-electron chi connectivity index (χ2n) is 6.76. The maximum absolute atomic E-state index is 12.8. The maximum atomic E-state index is 12.8. The SMILES string of the molecule is Cn1cc(-c2cn(-c3ccc(OC(F)(F)F)cc3)c(=O)cc2Oc2cccc(Cl)c2)cn1. The van der Waals surface area contributed by atoms with Crippen LogP contribution in [0.1, 0.15) is 0 Å². The fourth-order valence-electron chi connectivity index (χ4n) is 3.04. The summed E-state index contributed by atoms with van der Waals surface area (Å²) in [7, 11) is 1.75. The Hall–Kier alpha value is -3.72. The minimum Gasteiger partial charge on any atom is -0.456 e. The van der Waals surface area contributed by atoms with E-state index >= 15 is 0 Å². The molecule has 32 heavy (non-hydrogen) atoms. The molecule has 0 saturated carbocycles. The van der Waals surface area contributed by atoms with Crippen molar-refractivity contribution in [2.24, 2.45) is 7.05 Å². The molecular formula is C22H15ClF3N3O3. The zero-order valence-electron chi connectivity index (χ0n) is 16.5. The summed E-state index contributed by atoms with van der Waals surface area (Å²) in [6.45, 7) is 0. The third kappa shape index (κ3) is 4.94. The van der Waals surface area contributed by atoms with Crippen LogP contribution >= 0.6 is 11.6 Å². The monoisotopic (exact) mass is 461 g/mol. The van der Waals surface area contributed by atoms with Crippen LogP contribution in [0, 0.1) is 0 Å². The molecule has 0 unspecified atom stereocenters. The summed E-state index contributed by atoms with van der Waals surface area (Å²) in [5.41, 5.74) is 1.13. The molecule has 0 bridgehead atoms. The van der Waals surface area contributed by atoms with E-state index in [1.807, 2.05) is 0 Å². The van der Waals surface area contributed by atoms with Gasteiger partial charge < -0.3 is 9.47 Å². The van der Waals surface area contributed by atoms with Crippen molar-refractivity contribution in [1.82, 2.24) is 14.3 Å². The van der Waals surface area contributed by atoms with Gasteiger partial charge in [0.2, 0.25) is 0 Å². The standard InChI is InChI=1S/C22H15ClF3N3O3/c1-28-12-14(11-27-28)19-13-29(16-5-7-17(8-6-16)32-22(24,25)26)21(30)10-20(19)31-18-4-2-3-15(23)9-18/h2-13H,1H3. The number of benzene rings is 2. The normalized spacial score (nSPS) is 11.4. The highest BCUT2D eigenvalue weighted by Gasteiger charge is 2.31. The van der Waals surface area contributed by atoms with Gasteiger partial charge in [0.05, 0.1) is 6.20 Å². The van der Waals surface area contributed by atoms with Crippen LogP contribution in [0.15, 0.2) is 78.0 Å². The van der Waals surface area contributed by atoms with Gasteiger partial charge in [-0.25, -0.2) is 0 Å². The van der Waals surface area contributed by atoms with Crippen LogP contribution < -0.4 is 15.0 Å². The lowest BCUT2D eigenvalue weighted by atomic mass is 10.1. The second kappa shape index (κ2) is 8.43. The summed E-state index contributed by atoms with van der Waals surface area (Å²) >= 11 is 6.02. The molecule has 0 amide bonds. The summed E-state index contributed by atoms with van der Waals surface area (Å²) in [5.74, 6) is 0.328. The van der Waals surface area contributed by atoms with Crippen molar-refractivity contribution in [1.29, 1.82) is 0 Å². The first-order valence-electron chi connectivity index (χ1n) is 9.23. The van der Waals surface area contributed by atoms with E-state index in [9.17, 15) is 18.0 Å². The fraction of sp³-hybridized carbons (Fsp3) is 0.0909. The van der Waals surface area contributed by atoms with Crippen molar-refractivity contribution in [3.05, 3.63) is 88.6 Å². The summed E-state index contributed by atoms with van der Waals surface area (Å²) in [6.07, 6.45) is 0.0918. The third-order valence-corrected chi connectivity index (χ3v) is 4.64. The van der Waals surface area contributed by atoms with Gasteiger partial charge in [0.25, 0.3) is 5.56 Å². The van der Waals surface area contributed by atoms with Gasteiger partial charge in [-0.2, -0.15) is 5.10 Å². The molecule has 0 aliphatic rings. The predicted molar refractivity (Wildman–Crippen MR) is 112 cm³/mol. The second-order valence-corrected chi connectivity index (χ2v) is 7.20. The first kappa shape index (κ1) is 21.5. The number of aryl methyl sites for hydroxylation is 1. The topological polar surface area (TPSA) is 58.3 Å². The summed E-state index contributed by atoms with van der Waals surface area (Å²) in [5, 5.41) is 4.63. The van der Waals surface area contributed by atoms with Crippen molar-refractivity contribution in [2.45, 2.75) is 6.36 Å². The lowest BCUT2D eigenvalue weighted by molar-refractivity contribution is -0.274. The van der Waals surface area contributed by atoms with E-state index in [0.29, 0.717) is 27.6 Å². The molecule has 0 radical (unpaired) electrons. The number of alkyl halides is 3. The van der Waals surface area contributed by atoms with Gasteiger partial charge in [0.15, 0.2) is 0 Å². The average Bonchev–Trinajstić information content (AvgIpc) is 3.14. The van der Waals surface area contributed by atoms with Gasteiger partial charge in [0.1, 0.15) is 17.2 Å². The molecule has 2 aromatic carbocycles. The number of pyridine rings is 1. The van der Waals surface area contributed by atoms with Crippen LogP contribution in [0.3, 0.4) is 0 Å². The lowest BCUT2D eigenvalue weighted by Gasteiger charge is -2.14. The Kier molecular flexibility index (Phi) is 5.67. The first-order valence-corrected chi connectivity index (χ1v) is 9.61. The number of halogens is 4. The van der Waals surface area contributed by atoms with Gasteiger partial charge in [-0.3, -0.25) is 14.0 Å². The summed E-state index contributed by atoms with van der Waals surface area (Å²) in [4.78, 5) is 12.8. The Morgan fingerprint density at radius 1 is 1.00 bits per heavy atom. The number of aromatic nitrogens is 3. The van der Waals surface area contributed by atoms with Gasteiger partial charge in [-0.1, -0.05) is 17.7 Å². The van der Waals surface area contributed by atoms with E-state index in [4.69, 9.17) is 16.3 Å². The number of ether oxygens (including phenoxy) is 2. The average molecular weight is 462 g/mol. The maximum Gasteiger partial charge on any atom is 0.573 e. The zero-order valence-corrected chi connectivity index (χ0v) is 17.3. The van der Waals surface area contributed by atoms with Crippen LogP contribution in [0.2, 0.25) is 5.02 Å². The Morgan fingerprint density at radius 3 is 2.38 bits per heavy atom. The largest absolute Gasteiger partial charge is 0.573 e. The van der Waals surface area contributed by atoms with E-state index < -0.39 is 11.9 Å². The van der Waals surface area contributed by atoms with E-state index in [1.165, 1.54) is 22.8 Å². The van der Waals surface area contributed by atoms with Gasteiger partial charge in [-0.05, 0) is 42.5 Å². The molecule has 4 rings (SSSR count). The minimum atomic E-state index is -4.80. The molecule has 6 nitrogen and oxygen atoms in total. The highest BCUT2D eigenvalue weighted by atomic mass is 35.5. The molecule has 0 atom stereocenters. The van der Waals surface area contributed by atoms with Crippen LogP contribution in [-0.4, -0.2) is 20.7 Å². The minimum absolute atomic E-state index is 0.276. The van der Waals surface area contributed by atoms with E-state index in [-0.39, 0.29) is 11.5 Å². The highest BCUT2D eigenvalue weighted by molar-refractivity contribution is 6.30. The molecule has 4 aromatic rings. The van der Waals surface area contributed by atoms with E-state index in [2.05, 4.69) is 9.84 Å². The molecule has 0 aliphatic carbocycles. The zero-order chi connectivity index (χ0) is 22.9. The van der Waals surface area contributed by atoms with E-state index in [1.54, 1.807) is 54.6 Å². The molecule has 164 valence electrons. The third-order valence-electron chi connectivity index (χ3n) is 4.40. The molecule has 0 N–H and O–H groups in total. The molecule has 10 heteroatoms.